The normalized spacial score (nSPS) is 9.40. The van der Waals surface area contributed by atoms with E-state index >= 15 is 0 Å². The second-order valence-corrected chi connectivity index (χ2v) is 2.32. The van der Waals surface area contributed by atoms with Gasteiger partial charge in [0.25, 0.3) is 5.82 Å². The highest BCUT2D eigenvalue weighted by atomic mass is 16.6. The van der Waals surface area contributed by atoms with Crippen LogP contribution in [0.1, 0.15) is 0 Å². The first kappa shape index (κ1) is 10.4. The molecule has 1 aromatic rings. The molecule has 0 aromatic carbocycles. The summed E-state index contributed by atoms with van der Waals surface area (Å²) in [7, 11) is 1.14. The van der Waals surface area contributed by atoms with Crippen LogP contribution in [0.5, 0.6) is 0 Å². The Morgan fingerprint density at radius 2 is 2.07 bits per heavy atom. The van der Waals surface area contributed by atoms with Crippen molar-refractivity contribution < 1.29 is 9.85 Å². The van der Waals surface area contributed by atoms with Crippen molar-refractivity contribution in [2.45, 2.75) is 0 Å². The summed E-state index contributed by atoms with van der Waals surface area (Å²) in [6.45, 7) is 0. The van der Waals surface area contributed by atoms with Crippen LogP contribution in [0.15, 0.2) is 5.11 Å². The third-order valence-corrected chi connectivity index (χ3v) is 1.50. The Bertz CT molecular complexity index is 483. The summed E-state index contributed by atoms with van der Waals surface area (Å²) < 4.78 is 0.734. The standard InChI is InChI=1S/C4H3N7O4/c1-9-3(7-8-5)2(10(12)13)6-4(9)11(14)15/h1H3. The number of aromatic nitrogens is 2. The highest BCUT2D eigenvalue weighted by Gasteiger charge is 2.30. The van der Waals surface area contributed by atoms with Crippen molar-refractivity contribution in [2.75, 3.05) is 0 Å². The monoisotopic (exact) mass is 213 g/mol. The maximum Gasteiger partial charge on any atom is 0.475 e. The molecule has 1 rings (SSSR count). The van der Waals surface area contributed by atoms with Crippen molar-refractivity contribution in [1.29, 1.82) is 0 Å². The summed E-state index contributed by atoms with van der Waals surface area (Å²) in [6, 6.07) is 0. The fourth-order valence-electron chi connectivity index (χ4n) is 0.904. The van der Waals surface area contributed by atoms with Crippen LogP contribution < -0.4 is 0 Å². The van der Waals surface area contributed by atoms with Gasteiger partial charge in [-0.05, 0) is 20.5 Å². The zero-order valence-corrected chi connectivity index (χ0v) is 7.26. The Morgan fingerprint density at radius 3 is 2.47 bits per heavy atom. The average molecular weight is 213 g/mol. The minimum atomic E-state index is -0.961. The second-order valence-electron chi connectivity index (χ2n) is 2.32. The molecule has 0 aliphatic rings. The summed E-state index contributed by atoms with van der Waals surface area (Å²) in [6.07, 6.45) is 0. The van der Waals surface area contributed by atoms with Crippen LogP contribution in [0.25, 0.3) is 10.4 Å². The molecule has 0 radical (unpaired) electrons. The predicted octanol–water partition coefficient (Wildman–Crippen LogP) is 1.18. The number of nitrogens with zero attached hydrogens (tertiary/aromatic N) is 7. The molecular weight excluding hydrogens is 210 g/mol. The van der Waals surface area contributed by atoms with Gasteiger partial charge in [0, 0.05) is 9.90 Å². The number of imidazole rings is 1. The van der Waals surface area contributed by atoms with Crippen molar-refractivity contribution in [1.82, 2.24) is 9.55 Å². The molecule has 11 heteroatoms. The van der Waals surface area contributed by atoms with Crippen LogP contribution in [0, 0.1) is 20.2 Å². The van der Waals surface area contributed by atoms with E-state index < -0.39 is 27.4 Å². The molecule has 0 N–H and O–H groups in total. The van der Waals surface area contributed by atoms with Crippen molar-refractivity contribution in [3.05, 3.63) is 30.7 Å². The van der Waals surface area contributed by atoms with Gasteiger partial charge in [0.15, 0.2) is 0 Å². The molecule has 0 aliphatic heterocycles. The van der Waals surface area contributed by atoms with Gasteiger partial charge < -0.3 is 20.2 Å². The Labute approximate surface area is 80.9 Å². The second kappa shape index (κ2) is 3.59. The Balaban J connectivity index is 3.52. The molecule has 11 nitrogen and oxygen atoms in total. The summed E-state index contributed by atoms with van der Waals surface area (Å²) in [4.78, 5) is 24.4. The maximum absolute atomic E-state index is 10.4. The summed E-state index contributed by atoms with van der Waals surface area (Å²) in [5.41, 5.74) is 8.12. The molecule has 1 aromatic heterocycles. The fraction of sp³-hybridized carbons (Fsp3) is 0.250. The minimum absolute atomic E-state index is 0.505. The van der Waals surface area contributed by atoms with E-state index in [1.165, 1.54) is 0 Å². The number of hydrogen-bond acceptors (Lipinski definition) is 6. The van der Waals surface area contributed by atoms with E-state index in [1.54, 1.807) is 0 Å². The minimum Gasteiger partial charge on any atom is -0.389 e. The topological polar surface area (TPSA) is 153 Å². The van der Waals surface area contributed by atoms with Crippen molar-refractivity contribution >= 4 is 17.6 Å². The lowest BCUT2D eigenvalue weighted by atomic mass is 10.6. The highest BCUT2D eigenvalue weighted by Crippen LogP contribution is 2.30. The highest BCUT2D eigenvalue weighted by molar-refractivity contribution is 5.51. The fourth-order valence-corrected chi connectivity index (χ4v) is 0.904. The van der Waals surface area contributed by atoms with E-state index in [1.807, 2.05) is 0 Å². The first-order valence-electron chi connectivity index (χ1n) is 3.39. The Morgan fingerprint density at radius 1 is 1.47 bits per heavy atom. The van der Waals surface area contributed by atoms with Gasteiger partial charge >= 0.3 is 11.8 Å². The zero-order chi connectivity index (χ0) is 11.6. The lowest BCUT2D eigenvalue weighted by Crippen LogP contribution is -1.97. The smallest absolute Gasteiger partial charge is 0.389 e. The third-order valence-electron chi connectivity index (χ3n) is 1.50. The number of rotatable bonds is 3. The molecule has 0 saturated carbocycles. The van der Waals surface area contributed by atoms with Gasteiger partial charge in [0.1, 0.15) is 0 Å². The lowest BCUT2D eigenvalue weighted by Gasteiger charge is -1.91. The molecule has 0 bridgehead atoms. The summed E-state index contributed by atoms with van der Waals surface area (Å²) in [5, 5.41) is 23.8. The van der Waals surface area contributed by atoms with Crippen molar-refractivity contribution in [3.63, 3.8) is 0 Å². The molecule has 1 heterocycles. The van der Waals surface area contributed by atoms with Gasteiger partial charge in [0.2, 0.25) is 0 Å². The first-order valence-corrected chi connectivity index (χ1v) is 3.39. The molecule has 0 fully saturated rings. The predicted molar refractivity (Wildman–Crippen MR) is 45.3 cm³/mol. The van der Waals surface area contributed by atoms with Gasteiger partial charge in [-0.3, -0.25) is 0 Å². The van der Waals surface area contributed by atoms with Crippen LogP contribution in [0.4, 0.5) is 17.6 Å². The van der Waals surface area contributed by atoms with Gasteiger partial charge in [-0.1, -0.05) is 0 Å². The van der Waals surface area contributed by atoms with Crippen LogP contribution in [0.3, 0.4) is 0 Å². The van der Waals surface area contributed by atoms with E-state index in [-0.39, 0.29) is 0 Å². The largest absolute Gasteiger partial charge is 0.475 e. The van der Waals surface area contributed by atoms with Crippen LogP contribution >= 0.6 is 0 Å². The van der Waals surface area contributed by atoms with Gasteiger partial charge in [-0.2, -0.15) is 0 Å². The van der Waals surface area contributed by atoms with Crippen molar-refractivity contribution in [2.24, 2.45) is 12.2 Å². The Hall–Kier alpha value is -2.68. The lowest BCUT2D eigenvalue weighted by molar-refractivity contribution is -0.403. The molecule has 0 unspecified atom stereocenters. The van der Waals surface area contributed by atoms with Gasteiger partial charge in [0.05, 0.1) is 7.05 Å². The molecule has 15 heavy (non-hydrogen) atoms. The van der Waals surface area contributed by atoms with Crippen LogP contribution in [-0.4, -0.2) is 19.4 Å². The van der Waals surface area contributed by atoms with Crippen LogP contribution in [-0.2, 0) is 7.05 Å². The van der Waals surface area contributed by atoms with E-state index in [0.29, 0.717) is 0 Å². The quantitative estimate of drug-likeness (QED) is 0.242. The summed E-state index contributed by atoms with van der Waals surface area (Å²) in [5.74, 6) is -2.11. The molecule has 0 atom stereocenters. The first-order chi connectivity index (χ1) is 6.99. The third kappa shape index (κ3) is 1.66. The number of nitro groups is 2. The molecule has 0 spiro atoms. The molecule has 0 saturated heterocycles. The summed E-state index contributed by atoms with van der Waals surface area (Å²) >= 11 is 0. The molecular formula is C4H3N7O4. The molecule has 0 amide bonds. The van der Waals surface area contributed by atoms with E-state index in [0.717, 1.165) is 11.6 Å². The molecule has 0 aliphatic carbocycles. The van der Waals surface area contributed by atoms with Crippen LogP contribution in [0.2, 0.25) is 0 Å². The van der Waals surface area contributed by atoms with E-state index in [4.69, 9.17) is 5.53 Å². The average Bonchev–Trinajstić information content (AvgIpc) is 2.45. The van der Waals surface area contributed by atoms with Gasteiger partial charge in [-0.15, -0.1) is 0 Å². The zero-order valence-electron chi connectivity index (χ0n) is 7.26. The SMILES string of the molecule is Cn1c([N+](=O)[O-])nc([N+](=O)[O-])c1N=[N+]=[N-]. The van der Waals surface area contributed by atoms with E-state index in [2.05, 4.69) is 15.0 Å². The van der Waals surface area contributed by atoms with E-state index in [9.17, 15) is 20.2 Å². The van der Waals surface area contributed by atoms with Crippen molar-refractivity contribution in [3.8, 4) is 0 Å². The number of azide groups is 1. The van der Waals surface area contributed by atoms with Gasteiger partial charge in [-0.25, -0.2) is 4.57 Å². The number of hydrogen-bond donors (Lipinski definition) is 0. The Kier molecular flexibility index (Phi) is 2.49. The maximum atomic E-state index is 10.4. The molecule has 78 valence electrons.